The lowest BCUT2D eigenvalue weighted by Gasteiger charge is -2.36. The number of anilines is 3. The Morgan fingerprint density at radius 1 is 0.902 bits per heavy atom. The van der Waals surface area contributed by atoms with Gasteiger partial charge in [0.05, 0.1) is 19.2 Å². The maximum atomic E-state index is 13.7. The zero-order chi connectivity index (χ0) is 28.8. The summed E-state index contributed by atoms with van der Waals surface area (Å²) in [7, 11) is 1.60. The zero-order valence-corrected chi connectivity index (χ0v) is 24.5. The van der Waals surface area contributed by atoms with E-state index in [9.17, 15) is 9.59 Å². The highest BCUT2D eigenvalue weighted by atomic mass is 32.1. The molecule has 2 heterocycles. The molecule has 9 heteroatoms. The number of hydrogen-bond acceptors (Lipinski definition) is 6. The van der Waals surface area contributed by atoms with Gasteiger partial charge in [-0.2, -0.15) is 0 Å². The summed E-state index contributed by atoms with van der Waals surface area (Å²) < 4.78 is 5.20. The van der Waals surface area contributed by atoms with Gasteiger partial charge >= 0.3 is 0 Å². The molecule has 2 aliphatic rings. The van der Waals surface area contributed by atoms with Crippen molar-refractivity contribution in [2.45, 2.75) is 25.8 Å². The van der Waals surface area contributed by atoms with Crippen molar-refractivity contribution in [1.29, 1.82) is 0 Å². The molecule has 2 amide bonds. The summed E-state index contributed by atoms with van der Waals surface area (Å²) >= 11 is 5.85. The Bertz CT molecular complexity index is 1340. The Balaban J connectivity index is 1.22. The Labute approximate surface area is 247 Å². The Hall–Kier alpha value is -3.95. The number of benzene rings is 3. The molecule has 214 valence electrons. The minimum atomic E-state index is -0.656. The van der Waals surface area contributed by atoms with Gasteiger partial charge < -0.3 is 19.9 Å². The van der Waals surface area contributed by atoms with E-state index in [1.54, 1.807) is 36.3 Å². The van der Waals surface area contributed by atoms with Gasteiger partial charge in [-0.1, -0.05) is 35.9 Å². The highest BCUT2D eigenvalue weighted by Crippen LogP contribution is 2.28. The van der Waals surface area contributed by atoms with Crippen LogP contribution >= 0.6 is 12.2 Å². The number of ether oxygens (including phenoxy) is 1. The summed E-state index contributed by atoms with van der Waals surface area (Å²) in [6.07, 6.45) is 0.861. The van der Waals surface area contributed by atoms with Crippen molar-refractivity contribution in [2.75, 3.05) is 61.5 Å². The Morgan fingerprint density at radius 2 is 1.59 bits per heavy atom. The molecule has 2 fully saturated rings. The average molecular weight is 572 g/mol. The van der Waals surface area contributed by atoms with Crippen LogP contribution in [-0.2, 0) is 9.59 Å². The van der Waals surface area contributed by atoms with Crippen LogP contribution in [0.4, 0.5) is 17.1 Å². The smallest absolute Gasteiger partial charge is 0.256 e. The van der Waals surface area contributed by atoms with Crippen LogP contribution in [0.5, 0.6) is 5.75 Å². The fourth-order valence-electron chi connectivity index (χ4n) is 5.41. The fourth-order valence-corrected chi connectivity index (χ4v) is 5.83. The van der Waals surface area contributed by atoms with Crippen molar-refractivity contribution in [2.24, 2.45) is 0 Å². The molecule has 0 spiro atoms. The van der Waals surface area contributed by atoms with Crippen molar-refractivity contribution in [1.82, 2.24) is 9.80 Å². The second-order valence-corrected chi connectivity index (χ2v) is 10.9. The van der Waals surface area contributed by atoms with Gasteiger partial charge in [-0.3, -0.25) is 19.4 Å². The van der Waals surface area contributed by atoms with Gasteiger partial charge in [0.2, 0.25) is 5.91 Å². The molecular formula is C32H37N5O3S. The third-order valence-electron chi connectivity index (χ3n) is 7.73. The van der Waals surface area contributed by atoms with Crippen LogP contribution in [0.2, 0.25) is 0 Å². The number of carbonyl (C=O) groups excluding carboxylic acids is 2. The number of para-hydroxylation sites is 1. The van der Waals surface area contributed by atoms with E-state index >= 15 is 0 Å². The monoisotopic (exact) mass is 571 g/mol. The van der Waals surface area contributed by atoms with E-state index in [2.05, 4.69) is 39.4 Å². The second kappa shape index (κ2) is 13.1. The normalized spacial score (nSPS) is 17.7. The molecule has 0 saturated carbocycles. The molecule has 2 aliphatic heterocycles. The number of amides is 2. The summed E-state index contributed by atoms with van der Waals surface area (Å²) in [5.41, 5.74) is 3.75. The van der Waals surface area contributed by atoms with E-state index in [-0.39, 0.29) is 18.2 Å². The topological polar surface area (TPSA) is 68.4 Å². The van der Waals surface area contributed by atoms with Crippen molar-refractivity contribution in [3.63, 3.8) is 0 Å². The standard InChI is InChI=1S/C32H37N5O3S/c1-24-9-13-27(14-10-24)37-31(39)29(23-30(38)33-25-11-15-28(40-2)16-12-25)36(32(37)41)18-6-17-34-19-21-35(22-20-34)26-7-4-3-5-8-26/h3-5,7-16,29H,6,17-23H2,1-2H3,(H,33,38)/t29-/m1/s1. The molecule has 1 N–H and O–H groups in total. The van der Waals surface area contributed by atoms with Gasteiger partial charge in [0.1, 0.15) is 11.8 Å². The third-order valence-corrected chi connectivity index (χ3v) is 8.15. The summed E-state index contributed by atoms with van der Waals surface area (Å²) in [4.78, 5) is 35.2. The lowest BCUT2D eigenvalue weighted by Crippen LogP contribution is -2.47. The molecule has 0 bridgehead atoms. The Kier molecular flexibility index (Phi) is 9.16. The van der Waals surface area contributed by atoms with Crippen LogP contribution < -0.4 is 19.9 Å². The lowest BCUT2D eigenvalue weighted by atomic mass is 10.1. The van der Waals surface area contributed by atoms with E-state index in [1.807, 2.05) is 42.2 Å². The van der Waals surface area contributed by atoms with Gasteiger partial charge in [-0.25, -0.2) is 0 Å². The number of methoxy groups -OCH3 is 1. The number of thiocarbonyl (C=S) groups is 1. The first-order valence-electron chi connectivity index (χ1n) is 14.1. The molecule has 3 aromatic carbocycles. The molecule has 0 aliphatic carbocycles. The number of nitrogens with one attached hydrogen (secondary N) is 1. The number of rotatable bonds is 10. The van der Waals surface area contributed by atoms with E-state index < -0.39 is 6.04 Å². The minimum Gasteiger partial charge on any atom is -0.497 e. The molecule has 0 aromatic heterocycles. The molecule has 2 saturated heterocycles. The van der Waals surface area contributed by atoms with Crippen LogP contribution in [0.3, 0.4) is 0 Å². The molecule has 0 unspecified atom stereocenters. The average Bonchev–Trinajstić information content (AvgIpc) is 3.22. The lowest BCUT2D eigenvalue weighted by molar-refractivity contribution is -0.124. The van der Waals surface area contributed by atoms with Crippen LogP contribution in [0.25, 0.3) is 0 Å². The van der Waals surface area contributed by atoms with E-state index in [1.165, 1.54) is 5.69 Å². The highest BCUT2D eigenvalue weighted by molar-refractivity contribution is 7.80. The predicted octanol–water partition coefficient (Wildman–Crippen LogP) is 4.55. The molecule has 3 aromatic rings. The third kappa shape index (κ3) is 6.86. The van der Waals surface area contributed by atoms with E-state index in [0.29, 0.717) is 23.1 Å². The number of hydrogen-bond donors (Lipinski definition) is 1. The molecular weight excluding hydrogens is 534 g/mol. The van der Waals surface area contributed by atoms with Crippen molar-refractivity contribution < 1.29 is 14.3 Å². The van der Waals surface area contributed by atoms with Crippen LogP contribution in [0.1, 0.15) is 18.4 Å². The van der Waals surface area contributed by atoms with Crippen LogP contribution in [0, 0.1) is 6.92 Å². The quantitative estimate of drug-likeness (QED) is 0.358. The molecule has 5 rings (SSSR count). The van der Waals surface area contributed by atoms with Crippen molar-refractivity contribution >= 4 is 46.2 Å². The maximum Gasteiger partial charge on any atom is 0.256 e. The largest absolute Gasteiger partial charge is 0.497 e. The van der Waals surface area contributed by atoms with Gasteiger partial charge in [0.15, 0.2) is 5.11 Å². The number of nitrogens with zero attached hydrogens (tertiary/aromatic N) is 4. The Morgan fingerprint density at radius 3 is 2.24 bits per heavy atom. The van der Waals surface area contributed by atoms with E-state index in [0.717, 1.165) is 50.4 Å². The number of piperazine rings is 1. The van der Waals surface area contributed by atoms with Gasteiger partial charge in [0.25, 0.3) is 5.91 Å². The number of aryl methyl sites for hydroxylation is 1. The SMILES string of the molecule is COc1ccc(NC(=O)C[C@@H]2C(=O)N(c3ccc(C)cc3)C(=S)N2CCCN2CCN(c3ccccc3)CC2)cc1. The highest BCUT2D eigenvalue weighted by Gasteiger charge is 2.43. The summed E-state index contributed by atoms with van der Waals surface area (Å²) in [5, 5.41) is 3.37. The molecule has 1 atom stereocenters. The molecule has 0 radical (unpaired) electrons. The van der Waals surface area contributed by atoms with Crippen LogP contribution in [-0.4, -0.2) is 79.1 Å². The molecule has 41 heavy (non-hydrogen) atoms. The first kappa shape index (κ1) is 28.6. The van der Waals surface area contributed by atoms with Gasteiger partial charge in [0, 0.05) is 44.1 Å². The van der Waals surface area contributed by atoms with Gasteiger partial charge in [-0.15, -0.1) is 0 Å². The number of carbonyl (C=O) groups is 2. The van der Waals surface area contributed by atoms with Crippen LogP contribution in [0.15, 0.2) is 78.9 Å². The van der Waals surface area contributed by atoms with Crippen molar-refractivity contribution in [3.8, 4) is 5.75 Å². The molecule has 8 nitrogen and oxygen atoms in total. The summed E-state index contributed by atoms with van der Waals surface area (Å²) in [6.45, 7) is 7.46. The predicted molar refractivity (Wildman–Crippen MR) is 168 cm³/mol. The first-order chi connectivity index (χ1) is 19.9. The maximum absolute atomic E-state index is 13.7. The zero-order valence-electron chi connectivity index (χ0n) is 23.7. The van der Waals surface area contributed by atoms with Crippen molar-refractivity contribution in [3.05, 3.63) is 84.4 Å². The summed E-state index contributed by atoms with van der Waals surface area (Å²) in [6, 6.07) is 24.8. The second-order valence-electron chi connectivity index (χ2n) is 10.5. The fraction of sp³-hybridized carbons (Fsp3) is 0.344. The minimum absolute atomic E-state index is 0.0170. The van der Waals surface area contributed by atoms with E-state index in [4.69, 9.17) is 17.0 Å². The summed E-state index contributed by atoms with van der Waals surface area (Å²) in [5.74, 6) is 0.310. The van der Waals surface area contributed by atoms with Gasteiger partial charge in [-0.05, 0) is 80.6 Å². The first-order valence-corrected chi connectivity index (χ1v) is 14.5.